The molecule has 0 radical (unpaired) electrons. The molecule has 2 nitrogen and oxygen atoms in total. The molecule has 0 fully saturated rings. The number of hydrogen-bond acceptors (Lipinski definition) is 2. The van der Waals surface area contributed by atoms with Crippen molar-refractivity contribution in [3.05, 3.63) is 45.0 Å². The van der Waals surface area contributed by atoms with Gasteiger partial charge in [0.2, 0.25) is 0 Å². The second-order valence-corrected chi connectivity index (χ2v) is 4.29. The van der Waals surface area contributed by atoms with E-state index >= 15 is 0 Å². The molecular weight excluding hydrogens is 291 g/mol. The van der Waals surface area contributed by atoms with Crippen molar-refractivity contribution in [3.8, 4) is 0 Å². The van der Waals surface area contributed by atoms with Crippen LogP contribution in [0.4, 0.5) is 0 Å². The molecule has 1 aromatic rings. The third-order valence-corrected chi connectivity index (χ3v) is 3.08. The summed E-state index contributed by atoms with van der Waals surface area (Å²) in [6.07, 6.45) is 0.705. The lowest BCUT2D eigenvalue weighted by molar-refractivity contribution is 0.316. The predicted molar refractivity (Wildman–Crippen MR) is 65.4 cm³/mol. The quantitative estimate of drug-likeness (QED) is 0.834. The summed E-state index contributed by atoms with van der Waals surface area (Å²) >= 11 is 2.06. The van der Waals surface area contributed by atoms with Crippen molar-refractivity contribution in [2.45, 2.75) is 6.42 Å². The van der Waals surface area contributed by atoms with Gasteiger partial charge >= 0.3 is 0 Å². The molecule has 0 amide bonds. The number of halogens is 1. The second-order valence-electron chi connectivity index (χ2n) is 2.99. The van der Waals surface area contributed by atoms with Gasteiger partial charge in [-0.3, -0.25) is 0 Å². The number of hydrogen-bond donors (Lipinski definition) is 2. The Kier molecular flexibility index (Phi) is 5.14. The highest BCUT2D eigenvalue weighted by atomic mass is 127. The van der Waals surface area contributed by atoms with Gasteiger partial charge in [0.15, 0.2) is 0 Å². The fourth-order valence-corrected chi connectivity index (χ4v) is 1.55. The molecule has 0 saturated heterocycles. The summed E-state index contributed by atoms with van der Waals surface area (Å²) < 4.78 is 0.828. The molecule has 14 heavy (non-hydrogen) atoms. The molecule has 0 bridgehead atoms. The van der Waals surface area contributed by atoms with E-state index in [2.05, 4.69) is 22.6 Å². The molecule has 2 N–H and O–H groups in total. The van der Waals surface area contributed by atoms with Gasteiger partial charge in [-0.25, -0.2) is 0 Å². The van der Waals surface area contributed by atoms with Crippen LogP contribution in [0.15, 0.2) is 39.5 Å². The molecule has 1 aromatic carbocycles. The lowest BCUT2D eigenvalue weighted by Crippen LogP contribution is -2.00. The second kappa shape index (κ2) is 6.16. The average Bonchev–Trinajstić information content (AvgIpc) is 2.26. The molecule has 3 heteroatoms. The molecule has 0 aliphatic heterocycles. The van der Waals surface area contributed by atoms with Crippen molar-refractivity contribution in [2.75, 3.05) is 13.2 Å². The zero-order chi connectivity index (χ0) is 10.4. The largest absolute Gasteiger partial charge is 0.392 e. The minimum atomic E-state index is 0.00326. The van der Waals surface area contributed by atoms with Gasteiger partial charge < -0.3 is 10.2 Å². The monoisotopic (exact) mass is 304 g/mol. The van der Waals surface area contributed by atoms with Gasteiger partial charge in [0.25, 0.3) is 0 Å². The first-order valence-corrected chi connectivity index (χ1v) is 5.48. The summed E-state index contributed by atoms with van der Waals surface area (Å²) in [5, 5.41) is 18.1. The Bertz CT molecular complexity index is 306. The van der Waals surface area contributed by atoms with Crippen molar-refractivity contribution in [2.24, 2.45) is 0 Å². The van der Waals surface area contributed by atoms with Crippen LogP contribution in [-0.2, 0) is 6.42 Å². The Morgan fingerprint density at radius 2 is 1.71 bits per heavy atom. The number of aliphatic hydroxyl groups excluding tert-OH is 2. The molecule has 1 rings (SSSR count). The molecule has 0 spiro atoms. The minimum Gasteiger partial charge on any atom is -0.392 e. The van der Waals surface area contributed by atoms with Crippen molar-refractivity contribution in [3.63, 3.8) is 0 Å². The third kappa shape index (κ3) is 3.40. The number of aliphatic hydroxyl groups is 2. The zero-order valence-electron chi connectivity index (χ0n) is 7.78. The summed E-state index contributed by atoms with van der Waals surface area (Å²) in [6, 6.07) is 9.92. The summed E-state index contributed by atoms with van der Waals surface area (Å²) in [5.74, 6) is 0. The van der Waals surface area contributed by atoms with Crippen LogP contribution in [0.3, 0.4) is 0 Å². The highest BCUT2D eigenvalue weighted by molar-refractivity contribution is 14.1. The first kappa shape index (κ1) is 11.7. The van der Waals surface area contributed by atoms with Crippen LogP contribution < -0.4 is 0 Å². The van der Waals surface area contributed by atoms with E-state index in [1.807, 2.05) is 30.3 Å². The predicted octanol–water partition coefficient (Wildman–Crippen LogP) is 1.90. The summed E-state index contributed by atoms with van der Waals surface area (Å²) in [7, 11) is 0. The molecule has 0 saturated carbocycles. The first-order valence-electron chi connectivity index (χ1n) is 4.40. The molecule has 0 aromatic heterocycles. The lowest BCUT2D eigenvalue weighted by Gasteiger charge is -2.06. The Hall–Kier alpha value is -0.390. The third-order valence-electron chi connectivity index (χ3n) is 1.97. The van der Waals surface area contributed by atoms with Crippen LogP contribution in [0.5, 0.6) is 0 Å². The summed E-state index contributed by atoms with van der Waals surface area (Å²) in [6.45, 7) is 0.0109. The van der Waals surface area contributed by atoms with Crippen molar-refractivity contribution in [1.29, 1.82) is 0 Å². The summed E-state index contributed by atoms with van der Waals surface area (Å²) in [5.41, 5.74) is 2.04. The van der Waals surface area contributed by atoms with Gasteiger partial charge in [-0.15, -0.1) is 0 Å². The van der Waals surface area contributed by atoms with E-state index in [1.54, 1.807) is 0 Å². The standard InChI is InChI=1S/C11H13IO2/c12-11(8-14)10(7-13)6-9-4-2-1-3-5-9/h1-5,13-14H,6-8H2/b11-10-. The van der Waals surface area contributed by atoms with Crippen molar-refractivity contribution < 1.29 is 10.2 Å². The molecule has 76 valence electrons. The number of benzene rings is 1. The van der Waals surface area contributed by atoms with Crippen LogP contribution in [0.1, 0.15) is 5.56 Å². The van der Waals surface area contributed by atoms with E-state index in [4.69, 9.17) is 10.2 Å². The average molecular weight is 304 g/mol. The van der Waals surface area contributed by atoms with Crippen molar-refractivity contribution in [1.82, 2.24) is 0 Å². The SMILES string of the molecule is OC/C(I)=C(/CO)Cc1ccccc1. The normalized spacial score (nSPS) is 12.5. The Morgan fingerprint density at radius 3 is 2.21 bits per heavy atom. The van der Waals surface area contributed by atoms with Gasteiger partial charge in [0, 0.05) is 3.58 Å². The highest BCUT2D eigenvalue weighted by Crippen LogP contribution is 2.16. The maximum atomic E-state index is 9.12. The van der Waals surface area contributed by atoms with Gasteiger partial charge in [-0.2, -0.15) is 0 Å². The van der Waals surface area contributed by atoms with E-state index in [-0.39, 0.29) is 13.2 Å². The molecule has 0 heterocycles. The van der Waals surface area contributed by atoms with E-state index < -0.39 is 0 Å². The lowest BCUT2D eigenvalue weighted by atomic mass is 10.1. The van der Waals surface area contributed by atoms with E-state index in [0.29, 0.717) is 6.42 Å². The van der Waals surface area contributed by atoms with Crippen LogP contribution >= 0.6 is 22.6 Å². The molecule has 0 aliphatic carbocycles. The Balaban J connectivity index is 2.77. The van der Waals surface area contributed by atoms with Gasteiger partial charge in [-0.05, 0) is 40.1 Å². The van der Waals surface area contributed by atoms with Crippen LogP contribution in [-0.4, -0.2) is 23.4 Å². The Labute approximate surface area is 97.4 Å². The smallest absolute Gasteiger partial charge is 0.0739 e. The maximum absolute atomic E-state index is 9.12. The van der Waals surface area contributed by atoms with Crippen LogP contribution in [0.2, 0.25) is 0 Å². The summed E-state index contributed by atoms with van der Waals surface area (Å²) in [4.78, 5) is 0. The first-order chi connectivity index (χ1) is 6.77. The van der Waals surface area contributed by atoms with Crippen molar-refractivity contribution >= 4 is 22.6 Å². The topological polar surface area (TPSA) is 40.5 Å². The maximum Gasteiger partial charge on any atom is 0.0739 e. The fraction of sp³-hybridized carbons (Fsp3) is 0.273. The van der Waals surface area contributed by atoms with Gasteiger partial charge in [0.1, 0.15) is 0 Å². The van der Waals surface area contributed by atoms with E-state index in [9.17, 15) is 0 Å². The van der Waals surface area contributed by atoms with Crippen LogP contribution in [0, 0.1) is 0 Å². The van der Waals surface area contributed by atoms with Crippen LogP contribution in [0.25, 0.3) is 0 Å². The number of rotatable bonds is 4. The van der Waals surface area contributed by atoms with Gasteiger partial charge in [-0.1, -0.05) is 30.3 Å². The fourth-order valence-electron chi connectivity index (χ4n) is 1.19. The molecule has 0 aliphatic rings. The van der Waals surface area contributed by atoms with E-state index in [1.165, 1.54) is 0 Å². The molecular formula is C11H13IO2. The minimum absolute atomic E-state index is 0.00326. The van der Waals surface area contributed by atoms with E-state index in [0.717, 1.165) is 14.7 Å². The molecule has 0 unspecified atom stereocenters. The Morgan fingerprint density at radius 1 is 1.07 bits per heavy atom. The van der Waals surface area contributed by atoms with Gasteiger partial charge in [0.05, 0.1) is 13.2 Å². The zero-order valence-corrected chi connectivity index (χ0v) is 9.94. The highest BCUT2D eigenvalue weighted by Gasteiger charge is 2.03. The molecule has 0 atom stereocenters.